The van der Waals surface area contributed by atoms with Gasteiger partial charge in [0, 0.05) is 12.6 Å². The second-order valence-electron chi connectivity index (χ2n) is 5.34. The first kappa shape index (κ1) is 14.9. The van der Waals surface area contributed by atoms with Crippen LogP contribution in [0.5, 0.6) is 0 Å². The summed E-state index contributed by atoms with van der Waals surface area (Å²) in [6, 6.07) is 11.5. The van der Waals surface area contributed by atoms with E-state index in [1.54, 1.807) is 0 Å². The first-order valence-electron chi connectivity index (χ1n) is 7.37. The molecule has 1 heterocycles. The highest BCUT2D eigenvalue weighted by Crippen LogP contribution is 2.09. The third-order valence-electron chi connectivity index (χ3n) is 3.71. The van der Waals surface area contributed by atoms with E-state index in [1.165, 1.54) is 43.8 Å². The molecule has 0 aliphatic carbocycles. The minimum atomic E-state index is 0.610. The molecule has 1 unspecified atom stereocenters. The van der Waals surface area contributed by atoms with E-state index >= 15 is 0 Å². The van der Waals surface area contributed by atoms with Crippen LogP contribution >= 0.6 is 11.8 Å². The molecule has 2 nitrogen and oxygen atoms in total. The molecule has 1 saturated heterocycles. The van der Waals surface area contributed by atoms with Gasteiger partial charge in [0.15, 0.2) is 0 Å². The predicted molar refractivity (Wildman–Crippen MR) is 86.0 cm³/mol. The van der Waals surface area contributed by atoms with Crippen LogP contribution in [0.15, 0.2) is 30.3 Å². The summed E-state index contributed by atoms with van der Waals surface area (Å²) >= 11 is 1.96. The van der Waals surface area contributed by atoms with Gasteiger partial charge in [-0.05, 0) is 56.5 Å². The summed E-state index contributed by atoms with van der Waals surface area (Å²) in [6.07, 6.45) is 5.95. The molecule has 0 bridgehead atoms. The lowest BCUT2D eigenvalue weighted by atomic mass is 10.1. The van der Waals surface area contributed by atoms with E-state index in [0.717, 1.165) is 13.0 Å². The smallest absolute Gasteiger partial charge is 0.0235 e. The van der Waals surface area contributed by atoms with Crippen LogP contribution < -0.4 is 5.32 Å². The predicted octanol–water partition coefficient (Wildman–Crippen LogP) is 2.65. The van der Waals surface area contributed by atoms with Crippen molar-refractivity contribution in [3.8, 4) is 0 Å². The van der Waals surface area contributed by atoms with Crippen LogP contribution in [0.3, 0.4) is 0 Å². The fourth-order valence-corrected chi connectivity index (χ4v) is 3.17. The minimum absolute atomic E-state index is 0.610. The molecule has 0 amide bonds. The Morgan fingerprint density at radius 1 is 1.32 bits per heavy atom. The van der Waals surface area contributed by atoms with Crippen LogP contribution in [0, 0.1) is 0 Å². The van der Waals surface area contributed by atoms with Crippen molar-refractivity contribution >= 4 is 11.8 Å². The van der Waals surface area contributed by atoms with Gasteiger partial charge >= 0.3 is 0 Å². The van der Waals surface area contributed by atoms with Crippen LogP contribution in [-0.4, -0.2) is 49.1 Å². The highest BCUT2D eigenvalue weighted by molar-refractivity contribution is 7.98. The lowest BCUT2D eigenvalue weighted by Gasteiger charge is -2.24. The molecule has 1 N–H and O–H groups in total. The van der Waals surface area contributed by atoms with E-state index in [2.05, 4.69) is 46.8 Å². The van der Waals surface area contributed by atoms with Crippen LogP contribution in [-0.2, 0) is 6.42 Å². The molecule has 1 aromatic carbocycles. The molecule has 1 atom stereocenters. The van der Waals surface area contributed by atoms with Gasteiger partial charge in [0.1, 0.15) is 0 Å². The molecule has 1 aliphatic rings. The topological polar surface area (TPSA) is 15.3 Å². The summed E-state index contributed by atoms with van der Waals surface area (Å²) in [6.45, 7) is 4.88. The van der Waals surface area contributed by atoms with Crippen molar-refractivity contribution < 1.29 is 0 Å². The maximum atomic E-state index is 3.70. The average molecular weight is 278 g/mol. The van der Waals surface area contributed by atoms with Crippen LogP contribution in [0.2, 0.25) is 0 Å². The lowest BCUT2D eigenvalue weighted by Crippen LogP contribution is -2.39. The summed E-state index contributed by atoms with van der Waals surface area (Å²) < 4.78 is 0. The Morgan fingerprint density at radius 2 is 2.16 bits per heavy atom. The van der Waals surface area contributed by atoms with Gasteiger partial charge in [-0.1, -0.05) is 30.3 Å². The van der Waals surface area contributed by atoms with Gasteiger partial charge in [-0.15, -0.1) is 0 Å². The Kier molecular flexibility index (Phi) is 6.75. The monoisotopic (exact) mass is 278 g/mol. The standard InChI is InChI=1S/C16H26N2S/c1-19-12-6-11-18-10-5-9-17-16(14-18)13-15-7-3-2-4-8-15/h2-4,7-8,16-17H,5-6,9-14H2,1H3. The van der Waals surface area contributed by atoms with Crippen molar-refractivity contribution in [2.75, 3.05) is 38.2 Å². The van der Waals surface area contributed by atoms with E-state index < -0.39 is 0 Å². The van der Waals surface area contributed by atoms with Crippen molar-refractivity contribution in [1.82, 2.24) is 10.2 Å². The van der Waals surface area contributed by atoms with Gasteiger partial charge in [0.05, 0.1) is 0 Å². The van der Waals surface area contributed by atoms with Crippen molar-refractivity contribution in [2.24, 2.45) is 0 Å². The molecule has 106 valence electrons. The number of nitrogens with one attached hydrogen (secondary N) is 1. The zero-order chi connectivity index (χ0) is 13.3. The summed E-state index contributed by atoms with van der Waals surface area (Å²) in [4.78, 5) is 2.64. The molecule has 0 saturated carbocycles. The molecular formula is C16H26N2S. The average Bonchev–Trinajstić information content (AvgIpc) is 2.66. The number of nitrogens with zero attached hydrogens (tertiary/aromatic N) is 1. The highest BCUT2D eigenvalue weighted by Gasteiger charge is 2.17. The first-order valence-corrected chi connectivity index (χ1v) is 8.76. The van der Waals surface area contributed by atoms with Gasteiger partial charge in [-0.25, -0.2) is 0 Å². The van der Waals surface area contributed by atoms with Crippen molar-refractivity contribution in [2.45, 2.75) is 25.3 Å². The number of benzene rings is 1. The summed E-state index contributed by atoms with van der Waals surface area (Å²) in [5.74, 6) is 1.29. The number of thioether (sulfide) groups is 1. The Balaban J connectivity index is 1.82. The van der Waals surface area contributed by atoms with Gasteiger partial charge in [0.25, 0.3) is 0 Å². The third-order valence-corrected chi connectivity index (χ3v) is 4.41. The summed E-state index contributed by atoms with van der Waals surface area (Å²) in [7, 11) is 0. The third kappa shape index (κ3) is 5.55. The number of hydrogen-bond acceptors (Lipinski definition) is 3. The van der Waals surface area contributed by atoms with Crippen molar-refractivity contribution in [3.05, 3.63) is 35.9 Å². The molecule has 0 spiro atoms. The van der Waals surface area contributed by atoms with E-state index in [4.69, 9.17) is 0 Å². The minimum Gasteiger partial charge on any atom is -0.312 e. The van der Waals surface area contributed by atoms with E-state index in [1.807, 2.05) is 11.8 Å². The van der Waals surface area contributed by atoms with Gasteiger partial charge in [0.2, 0.25) is 0 Å². The van der Waals surface area contributed by atoms with Crippen molar-refractivity contribution in [1.29, 1.82) is 0 Å². The second kappa shape index (κ2) is 8.62. The highest BCUT2D eigenvalue weighted by atomic mass is 32.2. The molecule has 2 rings (SSSR count). The van der Waals surface area contributed by atoms with Crippen molar-refractivity contribution in [3.63, 3.8) is 0 Å². The molecule has 19 heavy (non-hydrogen) atoms. The van der Waals surface area contributed by atoms with E-state index in [9.17, 15) is 0 Å². The van der Waals surface area contributed by atoms with Crippen LogP contribution in [0.4, 0.5) is 0 Å². The number of rotatable bonds is 6. The Bertz CT molecular complexity index is 342. The quantitative estimate of drug-likeness (QED) is 0.805. The molecule has 1 aromatic rings. The van der Waals surface area contributed by atoms with Crippen LogP contribution in [0.1, 0.15) is 18.4 Å². The summed E-state index contributed by atoms with van der Waals surface area (Å²) in [5, 5.41) is 3.70. The number of hydrogen-bond donors (Lipinski definition) is 1. The maximum absolute atomic E-state index is 3.70. The van der Waals surface area contributed by atoms with E-state index in [-0.39, 0.29) is 0 Å². The Labute approximate surface area is 122 Å². The fourth-order valence-electron chi connectivity index (χ4n) is 2.75. The van der Waals surface area contributed by atoms with E-state index in [0.29, 0.717) is 6.04 Å². The molecule has 0 aromatic heterocycles. The van der Waals surface area contributed by atoms with Gasteiger partial charge < -0.3 is 10.2 Å². The van der Waals surface area contributed by atoms with Gasteiger partial charge in [-0.2, -0.15) is 11.8 Å². The molecule has 1 aliphatic heterocycles. The normalized spacial score (nSPS) is 21.2. The first-order chi connectivity index (χ1) is 9.38. The summed E-state index contributed by atoms with van der Waals surface area (Å²) in [5.41, 5.74) is 1.45. The lowest BCUT2D eigenvalue weighted by molar-refractivity contribution is 0.268. The Morgan fingerprint density at radius 3 is 2.95 bits per heavy atom. The zero-order valence-electron chi connectivity index (χ0n) is 12.0. The second-order valence-corrected chi connectivity index (χ2v) is 6.33. The van der Waals surface area contributed by atoms with Crippen LogP contribution in [0.25, 0.3) is 0 Å². The molecule has 1 fully saturated rings. The zero-order valence-corrected chi connectivity index (χ0v) is 12.8. The van der Waals surface area contributed by atoms with Gasteiger partial charge in [-0.3, -0.25) is 0 Å². The fraction of sp³-hybridized carbons (Fsp3) is 0.625. The maximum Gasteiger partial charge on any atom is 0.0235 e. The SMILES string of the molecule is CSCCCN1CCCNC(Cc2ccccc2)C1. The molecule has 0 radical (unpaired) electrons. The molecular weight excluding hydrogens is 252 g/mol. The molecule has 3 heteroatoms. The Hall–Kier alpha value is -0.510. The largest absolute Gasteiger partial charge is 0.312 e.